The first-order valence-corrected chi connectivity index (χ1v) is 7.33. The smallest absolute Gasteiger partial charge is 0.345 e. The second kappa shape index (κ2) is 4.94. The van der Waals surface area contributed by atoms with Crippen LogP contribution in [0.15, 0.2) is 12.1 Å². The minimum absolute atomic E-state index is 0.0343. The van der Waals surface area contributed by atoms with Gasteiger partial charge in [0.15, 0.2) is 0 Å². The van der Waals surface area contributed by atoms with Gasteiger partial charge in [-0.25, -0.2) is 4.79 Å². The summed E-state index contributed by atoms with van der Waals surface area (Å²) in [7, 11) is 0. The average Bonchev–Trinajstić information content (AvgIpc) is 3.14. The van der Waals surface area contributed by atoms with E-state index in [2.05, 4.69) is 4.90 Å². The number of carbonyl (C=O) groups is 2. The van der Waals surface area contributed by atoms with E-state index in [1.54, 1.807) is 6.07 Å². The molecule has 5 nitrogen and oxygen atoms in total. The number of nitrogens with zero attached hydrogens (tertiary/aromatic N) is 2. The lowest BCUT2D eigenvalue weighted by molar-refractivity contribution is 0.0631. The second-order valence-electron chi connectivity index (χ2n) is 5.03. The molecule has 2 aliphatic rings. The maximum Gasteiger partial charge on any atom is 0.345 e. The first-order chi connectivity index (χ1) is 9.15. The van der Waals surface area contributed by atoms with E-state index in [0.717, 1.165) is 43.6 Å². The van der Waals surface area contributed by atoms with Gasteiger partial charge in [-0.05, 0) is 25.0 Å². The summed E-state index contributed by atoms with van der Waals surface area (Å²) in [5.74, 6) is -1.00. The molecule has 1 aromatic rings. The number of hydrogen-bond acceptors (Lipinski definition) is 4. The highest BCUT2D eigenvalue weighted by molar-refractivity contribution is 7.15. The van der Waals surface area contributed by atoms with Crippen molar-refractivity contribution in [2.24, 2.45) is 0 Å². The normalized spacial score (nSPS) is 20.5. The Balaban J connectivity index is 1.62. The molecule has 1 saturated heterocycles. The maximum absolute atomic E-state index is 12.3. The maximum atomic E-state index is 12.3. The fourth-order valence-electron chi connectivity index (χ4n) is 2.45. The van der Waals surface area contributed by atoms with Crippen LogP contribution in [0.25, 0.3) is 0 Å². The van der Waals surface area contributed by atoms with Crippen LogP contribution in [0.2, 0.25) is 0 Å². The zero-order chi connectivity index (χ0) is 13.4. The third kappa shape index (κ3) is 2.64. The number of thiophene rings is 1. The number of carboxylic acid groups (broad SMARTS) is 1. The van der Waals surface area contributed by atoms with Crippen LogP contribution < -0.4 is 0 Å². The van der Waals surface area contributed by atoms with Gasteiger partial charge in [0, 0.05) is 32.2 Å². The molecule has 102 valence electrons. The Morgan fingerprint density at radius 2 is 1.74 bits per heavy atom. The number of amides is 1. The van der Waals surface area contributed by atoms with Crippen LogP contribution in [0.1, 0.15) is 32.2 Å². The second-order valence-corrected chi connectivity index (χ2v) is 6.11. The van der Waals surface area contributed by atoms with E-state index in [1.807, 2.05) is 4.90 Å². The molecule has 2 heterocycles. The molecule has 1 aromatic heterocycles. The quantitative estimate of drug-likeness (QED) is 0.908. The molecule has 0 radical (unpaired) electrons. The van der Waals surface area contributed by atoms with Crippen LogP contribution in [0.4, 0.5) is 0 Å². The average molecular weight is 280 g/mol. The topological polar surface area (TPSA) is 60.9 Å². The first-order valence-electron chi connectivity index (χ1n) is 6.51. The fourth-order valence-corrected chi connectivity index (χ4v) is 3.27. The molecule has 1 aliphatic carbocycles. The van der Waals surface area contributed by atoms with E-state index in [9.17, 15) is 9.59 Å². The summed E-state index contributed by atoms with van der Waals surface area (Å²) in [6.45, 7) is 3.37. The Kier molecular flexibility index (Phi) is 3.28. The van der Waals surface area contributed by atoms with Gasteiger partial charge in [-0.1, -0.05) is 0 Å². The third-order valence-corrected chi connectivity index (χ3v) is 4.75. The largest absolute Gasteiger partial charge is 0.477 e. The third-order valence-electron chi connectivity index (χ3n) is 3.69. The summed E-state index contributed by atoms with van der Waals surface area (Å²) >= 11 is 1.06. The molecule has 1 amide bonds. The molecule has 6 heteroatoms. The highest BCUT2D eigenvalue weighted by Crippen LogP contribution is 2.28. The van der Waals surface area contributed by atoms with Crippen molar-refractivity contribution in [1.82, 2.24) is 9.80 Å². The molecule has 2 fully saturated rings. The predicted octanol–water partition coefficient (Wildman–Crippen LogP) is 1.37. The van der Waals surface area contributed by atoms with Gasteiger partial charge in [-0.3, -0.25) is 9.69 Å². The Hall–Kier alpha value is -1.40. The zero-order valence-corrected chi connectivity index (χ0v) is 11.4. The van der Waals surface area contributed by atoms with Gasteiger partial charge >= 0.3 is 5.97 Å². The number of carbonyl (C=O) groups excluding carboxylic acids is 1. The zero-order valence-electron chi connectivity index (χ0n) is 10.5. The summed E-state index contributed by atoms with van der Waals surface area (Å²) in [6.07, 6.45) is 2.59. The van der Waals surface area contributed by atoms with Gasteiger partial charge in [0.1, 0.15) is 4.88 Å². The Labute approximate surface area is 115 Å². The standard InChI is InChI=1S/C13H16N2O3S/c16-12(10-3-4-11(19-10)13(17)18)15-7-5-14(6-8-15)9-1-2-9/h3-4,9H,1-2,5-8H2,(H,17,18). The molecule has 0 atom stereocenters. The lowest BCUT2D eigenvalue weighted by Crippen LogP contribution is -2.49. The lowest BCUT2D eigenvalue weighted by atomic mass is 10.3. The van der Waals surface area contributed by atoms with Crippen LogP contribution >= 0.6 is 11.3 Å². The van der Waals surface area contributed by atoms with Crippen molar-refractivity contribution in [3.63, 3.8) is 0 Å². The molecule has 0 unspecified atom stereocenters. The van der Waals surface area contributed by atoms with Crippen LogP contribution in [-0.2, 0) is 0 Å². The van der Waals surface area contributed by atoms with Crippen molar-refractivity contribution in [1.29, 1.82) is 0 Å². The van der Waals surface area contributed by atoms with Crippen molar-refractivity contribution in [3.8, 4) is 0 Å². The minimum atomic E-state index is -0.970. The van der Waals surface area contributed by atoms with Crippen molar-refractivity contribution < 1.29 is 14.7 Å². The lowest BCUT2D eigenvalue weighted by Gasteiger charge is -2.34. The van der Waals surface area contributed by atoms with Crippen LogP contribution in [0.3, 0.4) is 0 Å². The van der Waals surface area contributed by atoms with Gasteiger partial charge < -0.3 is 10.0 Å². The Morgan fingerprint density at radius 3 is 2.26 bits per heavy atom. The van der Waals surface area contributed by atoms with Crippen LogP contribution in [0.5, 0.6) is 0 Å². The number of carboxylic acids is 1. The van der Waals surface area contributed by atoms with Gasteiger partial charge in [-0.15, -0.1) is 11.3 Å². The monoisotopic (exact) mass is 280 g/mol. The number of piperazine rings is 1. The van der Waals surface area contributed by atoms with Gasteiger partial charge in [0.2, 0.25) is 0 Å². The molecule has 1 aliphatic heterocycles. The van der Waals surface area contributed by atoms with Crippen molar-refractivity contribution in [2.75, 3.05) is 26.2 Å². The predicted molar refractivity (Wildman–Crippen MR) is 71.8 cm³/mol. The molecule has 1 N–H and O–H groups in total. The van der Waals surface area contributed by atoms with E-state index in [1.165, 1.54) is 18.9 Å². The number of aromatic carboxylic acids is 1. The molecule has 0 spiro atoms. The van der Waals surface area contributed by atoms with E-state index in [4.69, 9.17) is 5.11 Å². The Bertz CT molecular complexity index is 502. The molecule has 0 aromatic carbocycles. The van der Waals surface area contributed by atoms with E-state index < -0.39 is 5.97 Å². The van der Waals surface area contributed by atoms with Crippen LogP contribution in [0, 0.1) is 0 Å². The van der Waals surface area contributed by atoms with Gasteiger partial charge in [-0.2, -0.15) is 0 Å². The van der Waals surface area contributed by atoms with Crippen molar-refractivity contribution in [2.45, 2.75) is 18.9 Å². The molecular weight excluding hydrogens is 264 g/mol. The SMILES string of the molecule is O=C(O)c1ccc(C(=O)N2CCN(C3CC3)CC2)s1. The van der Waals surface area contributed by atoms with Gasteiger partial charge in [0.25, 0.3) is 5.91 Å². The number of hydrogen-bond donors (Lipinski definition) is 1. The number of rotatable bonds is 3. The van der Waals surface area contributed by atoms with E-state index in [0.29, 0.717) is 4.88 Å². The van der Waals surface area contributed by atoms with E-state index in [-0.39, 0.29) is 10.8 Å². The van der Waals surface area contributed by atoms with Crippen LogP contribution in [-0.4, -0.2) is 59.0 Å². The minimum Gasteiger partial charge on any atom is -0.477 e. The summed E-state index contributed by atoms with van der Waals surface area (Å²) < 4.78 is 0. The fraction of sp³-hybridized carbons (Fsp3) is 0.538. The van der Waals surface area contributed by atoms with Gasteiger partial charge in [0.05, 0.1) is 4.88 Å². The molecular formula is C13H16N2O3S. The first kappa shape index (κ1) is 12.6. The summed E-state index contributed by atoms with van der Waals surface area (Å²) in [5.41, 5.74) is 0. The molecule has 19 heavy (non-hydrogen) atoms. The summed E-state index contributed by atoms with van der Waals surface area (Å²) in [5, 5.41) is 8.87. The summed E-state index contributed by atoms with van der Waals surface area (Å²) in [4.78, 5) is 28.1. The molecule has 0 bridgehead atoms. The van der Waals surface area contributed by atoms with E-state index >= 15 is 0 Å². The molecule has 1 saturated carbocycles. The van der Waals surface area contributed by atoms with Crippen molar-refractivity contribution >= 4 is 23.2 Å². The highest BCUT2D eigenvalue weighted by Gasteiger charge is 2.32. The van der Waals surface area contributed by atoms with Crippen molar-refractivity contribution in [3.05, 3.63) is 21.9 Å². The summed E-state index contributed by atoms with van der Waals surface area (Å²) in [6, 6.07) is 3.86. The Morgan fingerprint density at radius 1 is 1.11 bits per heavy atom. The highest BCUT2D eigenvalue weighted by atomic mass is 32.1. The molecule has 3 rings (SSSR count).